The van der Waals surface area contributed by atoms with Crippen molar-refractivity contribution in [3.63, 3.8) is 0 Å². The van der Waals surface area contributed by atoms with Crippen molar-refractivity contribution in [2.45, 2.75) is 26.2 Å². The predicted octanol–water partition coefficient (Wildman–Crippen LogP) is 5.24. The highest BCUT2D eigenvalue weighted by Crippen LogP contribution is 2.11. The van der Waals surface area contributed by atoms with Crippen LogP contribution < -0.4 is 0 Å². The van der Waals surface area contributed by atoms with Crippen molar-refractivity contribution in [1.29, 1.82) is 0 Å². The Bertz CT molecular complexity index is 294. The van der Waals surface area contributed by atoms with E-state index in [2.05, 4.69) is 22.9 Å². The molecule has 0 aliphatic heterocycles. The summed E-state index contributed by atoms with van der Waals surface area (Å²) in [6.07, 6.45) is 3.73. The maximum Gasteiger partial charge on any atom is 0.252 e. The van der Waals surface area contributed by atoms with Gasteiger partial charge in [-0.3, -0.25) is 4.79 Å². The molecule has 16 heavy (non-hydrogen) atoms. The Morgan fingerprint density at radius 1 is 1.25 bits per heavy atom. The van der Waals surface area contributed by atoms with E-state index >= 15 is 0 Å². The normalized spacial score (nSPS) is 9.25. The summed E-state index contributed by atoms with van der Waals surface area (Å²) in [5, 5.41) is -0.424. The molecule has 1 aromatic carbocycles. The minimum atomic E-state index is -0.424. The van der Waals surface area contributed by atoms with E-state index in [0.29, 0.717) is 5.56 Å². The third kappa shape index (κ3) is 8.14. The van der Waals surface area contributed by atoms with Crippen molar-refractivity contribution in [2.24, 2.45) is 0 Å². The van der Waals surface area contributed by atoms with Gasteiger partial charge in [-0.25, -0.2) is 0 Å². The third-order valence-electron chi connectivity index (χ3n) is 1.81. The molecule has 1 aromatic rings. The summed E-state index contributed by atoms with van der Waals surface area (Å²) in [7, 11) is 0. The summed E-state index contributed by atoms with van der Waals surface area (Å²) < 4.78 is 0.939. The molecular formula is C12H15BrCl2O. The summed E-state index contributed by atoms with van der Waals surface area (Å²) >= 11 is 13.8. The van der Waals surface area contributed by atoms with Gasteiger partial charge < -0.3 is 0 Å². The van der Waals surface area contributed by atoms with Crippen LogP contribution >= 0.6 is 39.1 Å². The Morgan fingerprint density at radius 3 is 2.12 bits per heavy atom. The van der Waals surface area contributed by atoms with Crippen LogP contribution in [0.3, 0.4) is 0 Å². The highest BCUT2D eigenvalue weighted by Gasteiger charge is 1.98. The molecule has 0 fully saturated rings. The molecule has 0 bridgehead atoms. The average Bonchev–Trinajstić information content (AvgIpc) is 2.28. The summed E-state index contributed by atoms with van der Waals surface area (Å²) in [6.45, 7) is 2.17. The molecule has 1 rings (SSSR count). The summed E-state index contributed by atoms with van der Waals surface area (Å²) in [5.74, 6) is 0.827. The molecule has 0 radical (unpaired) electrons. The van der Waals surface area contributed by atoms with E-state index in [1.165, 1.54) is 19.3 Å². The molecule has 0 atom stereocenters. The zero-order chi connectivity index (χ0) is 12.4. The molecular weight excluding hydrogens is 311 g/mol. The molecule has 0 saturated carbocycles. The summed E-state index contributed by atoms with van der Waals surface area (Å²) in [4.78, 5) is 10.5. The molecule has 0 amide bonds. The van der Waals surface area contributed by atoms with Crippen LogP contribution in [0.15, 0.2) is 28.7 Å². The molecule has 4 heteroatoms. The first-order valence-corrected chi connectivity index (χ1v) is 6.83. The SMILES string of the molecule is CCCCCCl.O=C(Cl)c1ccc(Br)cc1. The molecule has 0 heterocycles. The molecule has 0 aliphatic carbocycles. The Labute approximate surface area is 115 Å². The van der Waals surface area contributed by atoms with Gasteiger partial charge in [-0.2, -0.15) is 0 Å². The number of rotatable bonds is 4. The lowest BCUT2D eigenvalue weighted by atomic mass is 10.2. The lowest BCUT2D eigenvalue weighted by Crippen LogP contribution is -1.85. The second-order valence-corrected chi connectivity index (χ2v) is 4.81. The van der Waals surface area contributed by atoms with Gasteiger partial charge in [-0.15, -0.1) is 11.6 Å². The fourth-order valence-corrected chi connectivity index (χ4v) is 1.50. The maximum atomic E-state index is 10.5. The smallest absolute Gasteiger partial charge is 0.252 e. The number of unbranched alkanes of at least 4 members (excludes halogenated alkanes) is 2. The molecule has 0 unspecified atom stereocenters. The molecule has 0 spiro atoms. The summed E-state index contributed by atoms with van der Waals surface area (Å²) in [6, 6.07) is 6.88. The lowest BCUT2D eigenvalue weighted by Gasteiger charge is -1.91. The number of halogens is 3. The lowest BCUT2D eigenvalue weighted by molar-refractivity contribution is 0.108. The van der Waals surface area contributed by atoms with Gasteiger partial charge in [-0.05, 0) is 42.3 Å². The van der Waals surface area contributed by atoms with Gasteiger partial charge in [0.25, 0.3) is 5.24 Å². The number of hydrogen-bond acceptors (Lipinski definition) is 1. The van der Waals surface area contributed by atoms with Crippen LogP contribution in [-0.2, 0) is 0 Å². The Kier molecular flexibility index (Phi) is 10.1. The zero-order valence-electron chi connectivity index (χ0n) is 9.18. The van der Waals surface area contributed by atoms with Crippen LogP contribution in [0.4, 0.5) is 0 Å². The molecule has 0 aliphatic rings. The maximum absolute atomic E-state index is 10.5. The number of carbonyl (C=O) groups is 1. The van der Waals surface area contributed by atoms with E-state index < -0.39 is 5.24 Å². The van der Waals surface area contributed by atoms with Crippen LogP contribution in [0.1, 0.15) is 36.5 Å². The van der Waals surface area contributed by atoms with Gasteiger partial charge in [0.1, 0.15) is 0 Å². The summed E-state index contributed by atoms with van der Waals surface area (Å²) in [5.41, 5.74) is 0.518. The van der Waals surface area contributed by atoms with Gasteiger partial charge >= 0.3 is 0 Å². The van der Waals surface area contributed by atoms with Crippen molar-refractivity contribution in [3.8, 4) is 0 Å². The fourth-order valence-electron chi connectivity index (χ4n) is 0.925. The zero-order valence-corrected chi connectivity index (χ0v) is 12.3. The average molecular weight is 326 g/mol. The minimum Gasteiger partial charge on any atom is -0.276 e. The van der Waals surface area contributed by atoms with E-state index in [9.17, 15) is 4.79 Å². The van der Waals surface area contributed by atoms with Gasteiger partial charge in [0, 0.05) is 15.9 Å². The van der Waals surface area contributed by atoms with Gasteiger partial charge in [-0.1, -0.05) is 35.7 Å². The molecule has 1 nitrogen and oxygen atoms in total. The van der Waals surface area contributed by atoms with Crippen molar-refractivity contribution < 1.29 is 4.79 Å². The second kappa shape index (κ2) is 10.1. The first kappa shape index (κ1) is 16.0. The monoisotopic (exact) mass is 324 g/mol. The number of hydrogen-bond donors (Lipinski definition) is 0. The van der Waals surface area contributed by atoms with Gasteiger partial charge in [0.05, 0.1) is 0 Å². The van der Waals surface area contributed by atoms with Crippen LogP contribution in [0.5, 0.6) is 0 Å². The Hall–Kier alpha value is -0.0500. The molecule has 0 aromatic heterocycles. The standard InChI is InChI=1S/C7H4BrClO.C5H11Cl/c8-6-3-1-5(2-4-6)7(9)10;1-2-3-4-5-6/h1-4H;2-5H2,1H3. The number of alkyl halides is 1. The van der Waals surface area contributed by atoms with Gasteiger partial charge in [0.15, 0.2) is 0 Å². The minimum absolute atomic E-state index is 0.424. The molecule has 0 N–H and O–H groups in total. The number of carbonyl (C=O) groups excluding carboxylic acids is 1. The fraction of sp³-hybridized carbons (Fsp3) is 0.417. The highest BCUT2D eigenvalue weighted by atomic mass is 79.9. The van der Waals surface area contributed by atoms with Crippen molar-refractivity contribution >= 4 is 44.4 Å². The van der Waals surface area contributed by atoms with Crippen LogP contribution in [0.2, 0.25) is 0 Å². The molecule has 0 saturated heterocycles. The van der Waals surface area contributed by atoms with E-state index in [0.717, 1.165) is 10.4 Å². The highest BCUT2D eigenvalue weighted by molar-refractivity contribution is 9.10. The van der Waals surface area contributed by atoms with E-state index in [1.54, 1.807) is 24.3 Å². The second-order valence-electron chi connectivity index (χ2n) is 3.18. The Morgan fingerprint density at radius 2 is 1.81 bits per heavy atom. The van der Waals surface area contributed by atoms with E-state index in [4.69, 9.17) is 23.2 Å². The van der Waals surface area contributed by atoms with E-state index in [1.807, 2.05) is 0 Å². The Balaban J connectivity index is 0.000000325. The first-order valence-electron chi connectivity index (χ1n) is 5.13. The molecule has 90 valence electrons. The quantitative estimate of drug-likeness (QED) is 0.420. The number of benzene rings is 1. The van der Waals surface area contributed by atoms with Crippen molar-refractivity contribution in [1.82, 2.24) is 0 Å². The van der Waals surface area contributed by atoms with Gasteiger partial charge in [0.2, 0.25) is 0 Å². The predicted molar refractivity (Wildman–Crippen MR) is 74.6 cm³/mol. The first-order chi connectivity index (χ1) is 7.61. The van der Waals surface area contributed by atoms with Crippen molar-refractivity contribution in [3.05, 3.63) is 34.3 Å². The van der Waals surface area contributed by atoms with Crippen LogP contribution in [0.25, 0.3) is 0 Å². The third-order valence-corrected chi connectivity index (χ3v) is 2.82. The van der Waals surface area contributed by atoms with Crippen LogP contribution in [0, 0.1) is 0 Å². The van der Waals surface area contributed by atoms with Crippen LogP contribution in [-0.4, -0.2) is 11.1 Å². The van der Waals surface area contributed by atoms with E-state index in [-0.39, 0.29) is 0 Å². The van der Waals surface area contributed by atoms with Crippen molar-refractivity contribution in [2.75, 3.05) is 5.88 Å². The largest absolute Gasteiger partial charge is 0.276 e. The topological polar surface area (TPSA) is 17.1 Å².